The second kappa shape index (κ2) is 10.4. The molecule has 0 unspecified atom stereocenters. The van der Waals surface area contributed by atoms with Crippen molar-refractivity contribution in [1.82, 2.24) is 29.6 Å². The molecule has 1 atom stereocenters. The van der Waals surface area contributed by atoms with Crippen LogP contribution in [0.1, 0.15) is 65.8 Å². The van der Waals surface area contributed by atoms with E-state index in [1.54, 1.807) is 11.2 Å². The average Bonchev–Trinajstić information content (AvgIpc) is 3.74. The monoisotopic (exact) mass is 580 g/mol. The summed E-state index contributed by atoms with van der Waals surface area (Å²) in [4.78, 5) is 28.6. The van der Waals surface area contributed by atoms with Crippen molar-refractivity contribution in [3.05, 3.63) is 83.4 Å². The predicted molar refractivity (Wildman–Crippen MR) is 168 cm³/mol. The third kappa shape index (κ3) is 4.54. The Bertz CT molecular complexity index is 2000. The van der Waals surface area contributed by atoms with E-state index in [4.69, 9.17) is 9.97 Å². The first kappa shape index (κ1) is 26.7. The normalized spacial score (nSPS) is 18.2. The van der Waals surface area contributed by atoms with Crippen molar-refractivity contribution >= 4 is 28.3 Å². The van der Waals surface area contributed by atoms with Crippen molar-refractivity contribution in [2.75, 3.05) is 18.0 Å². The smallest absolute Gasteiger partial charge is 0.264 e. The summed E-state index contributed by atoms with van der Waals surface area (Å²) in [6.45, 7) is 5.17. The first-order valence-electron chi connectivity index (χ1n) is 15.4. The SMILES string of the molecule is C[C@H]1CCCN(Cc2cc3c4c(cccc4n2)N(c2cc(-c4ccc(C#N)cc4-c4nncn4C)cc(C4CC4)n2)C3=O)C1. The molecule has 218 valence electrons. The molecule has 9 nitrogen and oxygen atoms in total. The molecule has 5 aromatic rings. The standard InChI is InChI=1S/C35H32N8O/c1-21-5-4-12-42(18-21)19-25-16-28-33-29(38-25)6-3-7-31(33)43(35(28)44)32-15-24(14-30(39-32)23-9-10-23)26-11-8-22(17-36)13-27(26)34-40-37-20-41(34)2/h3,6-8,11,13-16,20-21,23H,4-5,9-10,12,18-19H2,1-2H3/t21-/m0/s1. The zero-order chi connectivity index (χ0) is 29.9. The predicted octanol–water partition coefficient (Wildman–Crippen LogP) is 6.37. The molecule has 0 N–H and O–H groups in total. The fourth-order valence-corrected chi connectivity index (χ4v) is 6.85. The van der Waals surface area contributed by atoms with Gasteiger partial charge in [-0.2, -0.15) is 5.26 Å². The van der Waals surface area contributed by atoms with Gasteiger partial charge in [0.2, 0.25) is 0 Å². The Morgan fingerprint density at radius 3 is 2.66 bits per heavy atom. The molecule has 1 saturated heterocycles. The molecule has 1 amide bonds. The Labute approximate surface area is 255 Å². The van der Waals surface area contributed by atoms with Crippen molar-refractivity contribution in [3.8, 4) is 28.6 Å². The third-order valence-electron chi connectivity index (χ3n) is 9.13. The lowest BCUT2D eigenvalue weighted by molar-refractivity contribution is 0.100. The lowest BCUT2D eigenvalue weighted by atomic mass is 9.96. The first-order chi connectivity index (χ1) is 21.5. The van der Waals surface area contributed by atoms with E-state index in [1.807, 2.05) is 60.1 Å². The van der Waals surface area contributed by atoms with E-state index in [0.29, 0.717) is 34.6 Å². The summed E-state index contributed by atoms with van der Waals surface area (Å²) >= 11 is 0. The maximum atomic E-state index is 14.3. The Morgan fingerprint density at radius 2 is 1.89 bits per heavy atom. The van der Waals surface area contributed by atoms with Crippen molar-refractivity contribution in [2.24, 2.45) is 13.0 Å². The van der Waals surface area contributed by atoms with Gasteiger partial charge in [-0.15, -0.1) is 10.2 Å². The average molecular weight is 581 g/mol. The summed E-state index contributed by atoms with van der Waals surface area (Å²) in [5.41, 5.74) is 7.42. The number of carbonyl (C=O) groups is 1. The van der Waals surface area contributed by atoms with Gasteiger partial charge < -0.3 is 4.57 Å². The summed E-state index contributed by atoms with van der Waals surface area (Å²) in [5, 5.41) is 19.0. The molecular formula is C35H32N8O. The van der Waals surface area contributed by atoms with Crippen molar-refractivity contribution in [2.45, 2.75) is 45.1 Å². The number of likely N-dealkylation sites (tertiary alicyclic amines) is 1. The number of benzene rings is 2. The zero-order valence-electron chi connectivity index (χ0n) is 24.9. The topological polar surface area (TPSA) is 104 Å². The van der Waals surface area contributed by atoms with Gasteiger partial charge >= 0.3 is 0 Å². The zero-order valence-corrected chi connectivity index (χ0v) is 24.9. The van der Waals surface area contributed by atoms with Crippen LogP contribution in [-0.4, -0.2) is 48.6 Å². The number of pyridine rings is 2. The molecule has 5 heterocycles. The molecule has 3 aliphatic rings. The minimum Gasteiger partial charge on any atom is -0.317 e. The van der Waals surface area contributed by atoms with Crippen LogP contribution in [0.4, 0.5) is 11.5 Å². The van der Waals surface area contributed by atoms with Gasteiger partial charge in [0.05, 0.1) is 34.1 Å². The molecule has 2 aromatic carbocycles. The van der Waals surface area contributed by atoms with Gasteiger partial charge in [-0.3, -0.25) is 19.6 Å². The van der Waals surface area contributed by atoms with E-state index in [1.165, 1.54) is 12.8 Å². The van der Waals surface area contributed by atoms with E-state index in [-0.39, 0.29) is 5.91 Å². The van der Waals surface area contributed by atoms with Crippen LogP contribution in [0, 0.1) is 17.2 Å². The quantitative estimate of drug-likeness (QED) is 0.230. The number of carbonyl (C=O) groups excluding carboxylic acids is 1. The van der Waals surface area contributed by atoms with Crippen molar-refractivity contribution < 1.29 is 4.79 Å². The van der Waals surface area contributed by atoms with E-state index >= 15 is 0 Å². The Kier molecular flexibility index (Phi) is 6.27. The lowest BCUT2D eigenvalue weighted by Crippen LogP contribution is -2.34. The summed E-state index contributed by atoms with van der Waals surface area (Å²) in [7, 11) is 1.89. The highest BCUT2D eigenvalue weighted by atomic mass is 16.2. The summed E-state index contributed by atoms with van der Waals surface area (Å²) in [5.74, 6) is 2.22. The second-order valence-electron chi connectivity index (χ2n) is 12.5. The molecule has 0 bridgehead atoms. The molecule has 9 heteroatoms. The van der Waals surface area contributed by atoms with E-state index in [9.17, 15) is 10.1 Å². The number of hydrogen-bond donors (Lipinski definition) is 0. The highest BCUT2D eigenvalue weighted by Gasteiger charge is 2.35. The van der Waals surface area contributed by atoms with E-state index < -0.39 is 0 Å². The first-order valence-corrected chi connectivity index (χ1v) is 15.4. The van der Waals surface area contributed by atoms with Crippen molar-refractivity contribution in [1.29, 1.82) is 5.26 Å². The molecule has 2 fully saturated rings. The van der Waals surface area contributed by atoms with Gasteiger partial charge in [0.1, 0.15) is 12.1 Å². The molecule has 3 aromatic heterocycles. The molecule has 0 spiro atoms. The van der Waals surface area contributed by atoms with Gasteiger partial charge in [0.15, 0.2) is 5.82 Å². The van der Waals surface area contributed by atoms with Crippen LogP contribution in [0.5, 0.6) is 0 Å². The summed E-state index contributed by atoms with van der Waals surface area (Å²) in [6.07, 6.45) is 6.26. The third-order valence-corrected chi connectivity index (χ3v) is 9.13. The fraction of sp³-hybridized carbons (Fsp3) is 0.314. The maximum Gasteiger partial charge on any atom is 0.264 e. The number of nitriles is 1. The van der Waals surface area contributed by atoms with Gasteiger partial charge in [-0.05, 0) is 91.7 Å². The number of aryl methyl sites for hydroxylation is 1. The molecule has 1 aliphatic carbocycles. The van der Waals surface area contributed by atoms with Crippen LogP contribution in [0.15, 0.2) is 60.9 Å². The molecule has 0 radical (unpaired) electrons. The molecule has 8 rings (SSSR count). The highest BCUT2D eigenvalue weighted by molar-refractivity contribution is 6.27. The molecule has 1 saturated carbocycles. The molecule has 2 aliphatic heterocycles. The van der Waals surface area contributed by atoms with Gasteiger partial charge in [-0.1, -0.05) is 19.1 Å². The Hall–Kier alpha value is -4.94. The van der Waals surface area contributed by atoms with Crippen molar-refractivity contribution in [3.63, 3.8) is 0 Å². The van der Waals surface area contributed by atoms with Crippen LogP contribution in [0.3, 0.4) is 0 Å². The van der Waals surface area contributed by atoms with Gasteiger partial charge in [0.25, 0.3) is 5.91 Å². The summed E-state index contributed by atoms with van der Waals surface area (Å²) < 4.78 is 1.85. The lowest BCUT2D eigenvalue weighted by Gasteiger charge is -2.30. The van der Waals surface area contributed by atoms with Gasteiger partial charge in [0, 0.05) is 42.7 Å². The highest BCUT2D eigenvalue weighted by Crippen LogP contribution is 2.46. The van der Waals surface area contributed by atoms with Crippen LogP contribution in [0.25, 0.3) is 33.4 Å². The Balaban J connectivity index is 1.24. The fourth-order valence-electron chi connectivity index (χ4n) is 6.85. The second-order valence-corrected chi connectivity index (χ2v) is 12.5. The number of nitrogens with zero attached hydrogens (tertiary/aromatic N) is 8. The number of anilines is 2. The van der Waals surface area contributed by atoms with Crippen LogP contribution in [-0.2, 0) is 13.6 Å². The van der Waals surface area contributed by atoms with Crippen LogP contribution in [0.2, 0.25) is 0 Å². The number of rotatable bonds is 6. The maximum absolute atomic E-state index is 14.3. The molecular weight excluding hydrogens is 548 g/mol. The largest absolute Gasteiger partial charge is 0.317 e. The van der Waals surface area contributed by atoms with E-state index in [0.717, 1.165) is 77.1 Å². The minimum atomic E-state index is -0.0772. The molecule has 44 heavy (non-hydrogen) atoms. The van der Waals surface area contributed by atoms with Crippen LogP contribution >= 0.6 is 0 Å². The van der Waals surface area contributed by atoms with E-state index in [2.05, 4.69) is 34.2 Å². The number of piperidine rings is 1. The minimum absolute atomic E-state index is 0.0772. The number of aromatic nitrogens is 5. The summed E-state index contributed by atoms with van der Waals surface area (Å²) in [6, 6.07) is 19.9. The Morgan fingerprint density at radius 1 is 1.00 bits per heavy atom. The number of hydrogen-bond acceptors (Lipinski definition) is 7. The number of amides is 1. The van der Waals surface area contributed by atoms with Gasteiger partial charge in [-0.25, -0.2) is 4.98 Å². The van der Waals surface area contributed by atoms with Crippen LogP contribution < -0.4 is 4.90 Å².